The Hall–Kier alpha value is -1.43. The molecule has 3 nitrogen and oxygen atoms in total. The van der Waals surface area contributed by atoms with Gasteiger partial charge in [-0.1, -0.05) is 12.0 Å². The number of nitrogens with zero attached hydrogens (tertiary/aromatic N) is 1. The summed E-state index contributed by atoms with van der Waals surface area (Å²) in [6, 6.07) is 3.32. The summed E-state index contributed by atoms with van der Waals surface area (Å²) in [6.07, 6.45) is -0.934. The first kappa shape index (κ1) is 14.6. The van der Waals surface area contributed by atoms with Gasteiger partial charge in [-0.15, -0.1) is 6.42 Å². The standard InChI is InChI=1S/C11H7F3INO2/c1-2-6-16(10(17)18)8-5-3-4-7(9(8)15)11(12,13)14/h1,3-5H,6H2,(H,17,18). The molecule has 0 heterocycles. The Bertz CT molecular complexity index is 508. The first-order valence-electron chi connectivity index (χ1n) is 4.58. The molecule has 0 aromatic heterocycles. The molecule has 1 aromatic carbocycles. The second-order valence-corrected chi connectivity index (χ2v) is 4.29. The van der Waals surface area contributed by atoms with Gasteiger partial charge < -0.3 is 5.11 Å². The van der Waals surface area contributed by atoms with Crippen LogP contribution in [-0.4, -0.2) is 17.7 Å². The van der Waals surface area contributed by atoms with E-state index in [0.717, 1.165) is 12.1 Å². The van der Waals surface area contributed by atoms with Crippen LogP contribution in [0.5, 0.6) is 0 Å². The maximum atomic E-state index is 12.7. The van der Waals surface area contributed by atoms with Gasteiger partial charge in [0.15, 0.2) is 0 Å². The third-order valence-corrected chi connectivity index (χ3v) is 3.19. The second-order valence-electron chi connectivity index (χ2n) is 3.21. The van der Waals surface area contributed by atoms with Gasteiger partial charge in [-0.05, 0) is 34.7 Å². The number of carboxylic acid groups (broad SMARTS) is 1. The zero-order chi connectivity index (χ0) is 13.9. The number of hydrogen-bond donors (Lipinski definition) is 1. The SMILES string of the molecule is C#CCN(C(=O)O)c1cccc(C(F)(F)F)c1I. The molecule has 0 aliphatic rings. The van der Waals surface area contributed by atoms with Crippen LogP contribution in [0.3, 0.4) is 0 Å². The molecule has 0 radical (unpaired) electrons. The van der Waals surface area contributed by atoms with Crippen molar-refractivity contribution in [2.45, 2.75) is 6.18 Å². The van der Waals surface area contributed by atoms with Gasteiger partial charge in [-0.25, -0.2) is 4.79 Å². The number of carbonyl (C=O) groups is 1. The molecule has 1 N–H and O–H groups in total. The molecule has 0 aliphatic heterocycles. The van der Waals surface area contributed by atoms with Crippen LogP contribution in [0.25, 0.3) is 0 Å². The number of alkyl halides is 3. The molecule has 0 atom stereocenters. The van der Waals surface area contributed by atoms with Crippen molar-refractivity contribution >= 4 is 34.4 Å². The molecule has 0 fully saturated rings. The molecule has 0 bridgehead atoms. The lowest BCUT2D eigenvalue weighted by molar-refractivity contribution is -0.138. The van der Waals surface area contributed by atoms with Crippen molar-refractivity contribution < 1.29 is 23.1 Å². The highest BCUT2D eigenvalue weighted by Crippen LogP contribution is 2.37. The molecule has 0 saturated carbocycles. The molecule has 1 rings (SSSR count). The molecule has 96 valence electrons. The second kappa shape index (κ2) is 5.48. The molecule has 7 heteroatoms. The number of halogens is 4. The Kier molecular flexibility index (Phi) is 4.45. The van der Waals surface area contributed by atoms with E-state index in [1.807, 2.05) is 0 Å². The van der Waals surface area contributed by atoms with Crippen LogP contribution in [-0.2, 0) is 6.18 Å². The van der Waals surface area contributed by atoms with E-state index in [0.29, 0.717) is 4.90 Å². The van der Waals surface area contributed by atoms with Crippen LogP contribution >= 0.6 is 22.6 Å². The maximum absolute atomic E-state index is 12.7. The van der Waals surface area contributed by atoms with Crippen molar-refractivity contribution in [1.82, 2.24) is 0 Å². The zero-order valence-electron chi connectivity index (χ0n) is 8.83. The van der Waals surface area contributed by atoms with Crippen molar-refractivity contribution in [3.63, 3.8) is 0 Å². The van der Waals surface area contributed by atoms with E-state index in [-0.39, 0.29) is 15.8 Å². The molecule has 0 aliphatic carbocycles. The monoisotopic (exact) mass is 369 g/mol. The third-order valence-electron chi connectivity index (χ3n) is 2.05. The Morgan fingerprint density at radius 1 is 1.50 bits per heavy atom. The number of amides is 1. The maximum Gasteiger partial charge on any atom is 0.417 e. The van der Waals surface area contributed by atoms with Crippen molar-refractivity contribution in [3.05, 3.63) is 27.3 Å². The minimum atomic E-state index is -4.53. The van der Waals surface area contributed by atoms with Crippen LogP contribution in [0.15, 0.2) is 18.2 Å². The Labute approximate surface area is 115 Å². The highest BCUT2D eigenvalue weighted by molar-refractivity contribution is 14.1. The van der Waals surface area contributed by atoms with Crippen molar-refractivity contribution in [2.24, 2.45) is 0 Å². The summed E-state index contributed by atoms with van der Waals surface area (Å²) in [6.45, 7) is -0.313. The largest absolute Gasteiger partial charge is 0.465 e. The number of rotatable bonds is 2. The van der Waals surface area contributed by atoms with Gasteiger partial charge in [0.2, 0.25) is 0 Å². The van der Waals surface area contributed by atoms with Crippen LogP contribution in [0.4, 0.5) is 23.7 Å². The summed E-state index contributed by atoms with van der Waals surface area (Å²) in [5.41, 5.74) is -0.959. The van der Waals surface area contributed by atoms with Crippen molar-refractivity contribution in [2.75, 3.05) is 11.4 Å². The number of terminal acetylenes is 1. The number of benzene rings is 1. The highest BCUT2D eigenvalue weighted by Gasteiger charge is 2.34. The Balaban J connectivity index is 3.34. The fourth-order valence-corrected chi connectivity index (χ4v) is 2.25. The molecular formula is C11H7F3INO2. The molecule has 0 spiro atoms. The first-order chi connectivity index (χ1) is 8.29. The van der Waals surface area contributed by atoms with E-state index in [1.165, 1.54) is 28.7 Å². The minimum absolute atomic E-state index is 0.0733. The van der Waals surface area contributed by atoms with Gasteiger partial charge >= 0.3 is 12.3 Å². The summed E-state index contributed by atoms with van der Waals surface area (Å²) in [5, 5.41) is 8.92. The molecule has 18 heavy (non-hydrogen) atoms. The molecule has 1 aromatic rings. The lowest BCUT2D eigenvalue weighted by Crippen LogP contribution is -2.30. The summed E-state index contributed by atoms with van der Waals surface area (Å²) < 4.78 is 37.8. The Morgan fingerprint density at radius 3 is 2.56 bits per heavy atom. The molecular weight excluding hydrogens is 362 g/mol. The van der Waals surface area contributed by atoms with E-state index in [9.17, 15) is 18.0 Å². The van der Waals surface area contributed by atoms with Gasteiger partial charge in [-0.3, -0.25) is 4.90 Å². The number of hydrogen-bond acceptors (Lipinski definition) is 1. The van der Waals surface area contributed by atoms with Gasteiger partial charge in [0, 0.05) is 3.57 Å². The predicted octanol–water partition coefficient (Wildman–Crippen LogP) is 3.43. The predicted molar refractivity (Wildman–Crippen MR) is 68.4 cm³/mol. The average Bonchev–Trinajstić information content (AvgIpc) is 2.24. The summed E-state index contributed by atoms with van der Waals surface area (Å²) in [4.78, 5) is 11.6. The van der Waals surface area contributed by atoms with Crippen LogP contribution in [0, 0.1) is 15.9 Å². The zero-order valence-corrected chi connectivity index (χ0v) is 11.0. The van der Waals surface area contributed by atoms with Crippen molar-refractivity contribution in [3.8, 4) is 12.3 Å². The summed E-state index contributed by atoms with van der Waals surface area (Å²) in [5.74, 6) is 2.09. The van der Waals surface area contributed by atoms with Gasteiger partial charge in [0.25, 0.3) is 0 Å². The smallest absolute Gasteiger partial charge is 0.417 e. The van der Waals surface area contributed by atoms with E-state index in [2.05, 4.69) is 5.92 Å². The van der Waals surface area contributed by atoms with Crippen LogP contribution in [0.2, 0.25) is 0 Å². The minimum Gasteiger partial charge on any atom is -0.465 e. The summed E-state index contributed by atoms with van der Waals surface area (Å²) >= 11 is 1.46. The van der Waals surface area contributed by atoms with Gasteiger partial charge in [0.05, 0.1) is 17.8 Å². The third kappa shape index (κ3) is 3.07. The summed E-state index contributed by atoms with van der Waals surface area (Å²) in [7, 11) is 0. The average molecular weight is 369 g/mol. The van der Waals surface area contributed by atoms with Gasteiger partial charge in [-0.2, -0.15) is 13.2 Å². The molecule has 0 unspecified atom stereocenters. The first-order valence-corrected chi connectivity index (χ1v) is 5.66. The highest BCUT2D eigenvalue weighted by atomic mass is 127. The van der Waals surface area contributed by atoms with E-state index >= 15 is 0 Å². The lowest BCUT2D eigenvalue weighted by atomic mass is 10.2. The van der Waals surface area contributed by atoms with Crippen molar-refractivity contribution in [1.29, 1.82) is 0 Å². The molecule has 0 saturated heterocycles. The normalized spacial score (nSPS) is 10.8. The van der Waals surface area contributed by atoms with E-state index < -0.39 is 17.8 Å². The van der Waals surface area contributed by atoms with E-state index in [1.54, 1.807) is 0 Å². The Morgan fingerprint density at radius 2 is 2.11 bits per heavy atom. The lowest BCUT2D eigenvalue weighted by Gasteiger charge is -2.20. The fraction of sp³-hybridized carbons (Fsp3) is 0.182. The topological polar surface area (TPSA) is 40.5 Å². The van der Waals surface area contributed by atoms with Crippen LogP contribution < -0.4 is 4.90 Å². The number of anilines is 1. The van der Waals surface area contributed by atoms with Gasteiger partial charge in [0.1, 0.15) is 0 Å². The quantitative estimate of drug-likeness (QED) is 0.641. The fourth-order valence-electron chi connectivity index (χ4n) is 1.29. The van der Waals surface area contributed by atoms with Crippen LogP contribution in [0.1, 0.15) is 5.56 Å². The molecule has 1 amide bonds. The van der Waals surface area contributed by atoms with E-state index in [4.69, 9.17) is 11.5 Å².